The quantitative estimate of drug-likeness (QED) is 0.367. The maximum atomic E-state index is 10.8. The molecule has 1 heterocycles. The van der Waals surface area contributed by atoms with Gasteiger partial charge >= 0.3 is 0 Å². The molecule has 0 aliphatic heterocycles. The van der Waals surface area contributed by atoms with Crippen LogP contribution in [0.2, 0.25) is 0 Å². The fourth-order valence-electron chi connectivity index (χ4n) is 3.90. The first-order chi connectivity index (χ1) is 16.6. The highest BCUT2D eigenvalue weighted by atomic mass is 16.5. The Morgan fingerprint density at radius 3 is 2.31 bits per heavy atom. The third-order valence-corrected chi connectivity index (χ3v) is 6.10. The van der Waals surface area contributed by atoms with Gasteiger partial charge in [-0.25, -0.2) is 4.68 Å². The lowest BCUT2D eigenvalue weighted by Gasteiger charge is -2.31. The van der Waals surface area contributed by atoms with Gasteiger partial charge in [0, 0.05) is 31.7 Å². The molecule has 0 amide bonds. The Kier molecular flexibility index (Phi) is 9.11. The zero-order valence-corrected chi connectivity index (χ0v) is 22.3. The summed E-state index contributed by atoms with van der Waals surface area (Å²) in [5.41, 5.74) is 3.83. The van der Waals surface area contributed by atoms with Gasteiger partial charge in [0.15, 0.2) is 0 Å². The summed E-state index contributed by atoms with van der Waals surface area (Å²) in [5.74, 6) is 1.48. The van der Waals surface area contributed by atoms with Gasteiger partial charge in [-0.05, 0) is 53.2 Å². The van der Waals surface area contributed by atoms with E-state index in [2.05, 4.69) is 37.8 Å². The van der Waals surface area contributed by atoms with Crippen molar-refractivity contribution in [2.75, 3.05) is 13.2 Å². The molecular weight excluding hydrogens is 438 g/mol. The molecule has 6 nitrogen and oxygen atoms in total. The van der Waals surface area contributed by atoms with Crippen molar-refractivity contribution in [3.8, 4) is 22.9 Å². The molecule has 3 aromatic rings. The molecule has 0 fully saturated rings. The summed E-state index contributed by atoms with van der Waals surface area (Å²) in [6.07, 6.45) is 0.364. The number of rotatable bonds is 11. The normalized spacial score (nSPS) is 13.7. The monoisotopic (exact) mass is 479 g/mol. The van der Waals surface area contributed by atoms with E-state index in [9.17, 15) is 5.11 Å². The van der Waals surface area contributed by atoms with E-state index in [1.165, 1.54) is 5.56 Å². The summed E-state index contributed by atoms with van der Waals surface area (Å²) >= 11 is 0. The zero-order valence-electron chi connectivity index (χ0n) is 22.3. The molecular formula is C29H41N3O3. The maximum Gasteiger partial charge on any atom is 0.222 e. The van der Waals surface area contributed by atoms with Gasteiger partial charge in [-0.15, -0.1) is 0 Å². The molecule has 0 aliphatic rings. The lowest BCUT2D eigenvalue weighted by Crippen LogP contribution is -2.41. The second kappa shape index (κ2) is 11.8. The molecule has 2 aromatic carbocycles. The predicted octanol–water partition coefficient (Wildman–Crippen LogP) is 5.96. The third kappa shape index (κ3) is 7.66. The van der Waals surface area contributed by atoms with Crippen LogP contribution in [-0.4, -0.2) is 50.7 Å². The molecule has 0 aliphatic carbocycles. The molecule has 190 valence electrons. The van der Waals surface area contributed by atoms with Gasteiger partial charge in [0.1, 0.15) is 11.4 Å². The highest BCUT2D eigenvalue weighted by Crippen LogP contribution is 2.34. The van der Waals surface area contributed by atoms with Crippen LogP contribution in [0.15, 0.2) is 54.6 Å². The summed E-state index contributed by atoms with van der Waals surface area (Å²) in [6, 6.07) is 18.5. The number of aliphatic hydroxyl groups is 1. The molecule has 2 atom stereocenters. The van der Waals surface area contributed by atoms with E-state index in [1.54, 1.807) is 0 Å². The minimum Gasteiger partial charge on any atom is -0.439 e. The predicted molar refractivity (Wildman–Crippen MR) is 142 cm³/mol. The molecule has 0 saturated heterocycles. The van der Waals surface area contributed by atoms with Crippen LogP contribution >= 0.6 is 0 Å². The third-order valence-electron chi connectivity index (χ3n) is 6.10. The zero-order chi connectivity index (χ0) is 25.6. The molecule has 1 N–H and O–H groups in total. The SMILES string of the molecule is CC[C@@H](C)N(Cc1c(-c2ccccc2)nn(C)c1Oc1ccc(C)cc1)C[C@H](O)COC(C)(C)C. The van der Waals surface area contributed by atoms with Gasteiger partial charge in [-0.2, -0.15) is 5.10 Å². The van der Waals surface area contributed by atoms with Crippen LogP contribution in [0.4, 0.5) is 0 Å². The molecule has 0 radical (unpaired) electrons. The Bertz CT molecular complexity index is 1060. The molecule has 3 rings (SSSR count). The van der Waals surface area contributed by atoms with Crippen molar-refractivity contribution < 1.29 is 14.6 Å². The Hall–Kier alpha value is -2.67. The number of benzene rings is 2. The molecule has 6 heteroatoms. The molecule has 0 spiro atoms. The number of aryl methyl sites for hydroxylation is 2. The van der Waals surface area contributed by atoms with Crippen LogP contribution in [0.3, 0.4) is 0 Å². The van der Waals surface area contributed by atoms with Crippen molar-refractivity contribution in [3.63, 3.8) is 0 Å². The highest BCUT2D eigenvalue weighted by molar-refractivity contribution is 5.65. The summed E-state index contributed by atoms with van der Waals surface area (Å²) in [5, 5.41) is 15.7. The van der Waals surface area contributed by atoms with E-state index in [1.807, 2.05) is 75.0 Å². The Balaban J connectivity index is 1.95. The van der Waals surface area contributed by atoms with Crippen molar-refractivity contribution in [2.45, 2.75) is 72.3 Å². The van der Waals surface area contributed by atoms with Crippen molar-refractivity contribution in [1.29, 1.82) is 0 Å². The lowest BCUT2D eigenvalue weighted by atomic mass is 10.1. The maximum absolute atomic E-state index is 10.8. The van der Waals surface area contributed by atoms with Gasteiger partial charge in [0.05, 0.1) is 23.9 Å². The molecule has 35 heavy (non-hydrogen) atoms. The van der Waals surface area contributed by atoms with E-state index < -0.39 is 6.10 Å². The van der Waals surface area contributed by atoms with Crippen LogP contribution in [-0.2, 0) is 18.3 Å². The standard InChI is InChI=1S/C29H41N3O3/c1-8-22(3)32(18-24(33)20-34-29(4,5)6)19-26-27(23-12-10-9-11-13-23)30-31(7)28(26)35-25-16-14-21(2)15-17-25/h9-17,22,24,33H,8,18-20H2,1-7H3/t22-,24+/m1/s1. The summed E-state index contributed by atoms with van der Waals surface area (Å²) in [7, 11) is 1.92. The summed E-state index contributed by atoms with van der Waals surface area (Å²) in [4.78, 5) is 2.29. The van der Waals surface area contributed by atoms with Crippen LogP contribution in [0.5, 0.6) is 11.6 Å². The van der Waals surface area contributed by atoms with Crippen molar-refractivity contribution in [3.05, 3.63) is 65.7 Å². The van der Waals surface area contributed by atoms with E-state index in [0.717, 1.165) is 29.0 Å². The van der Waals surface area contributed by atoms with Crippen LogP contribution in [0, 0.1) is 6.92 Å². The first kappa shape index (κ1) is 26.9. The van der Waals surface area contributed by atoms with Crippen molar-refractivity contribution >= 4 is 0 Å². The van der Waals surface area contributed by atoms with E-state index in [-0.39, 0.29) is 11.6 Å². The average Bonchev–Trinajstić information content (AvgIpc) is 3.13. The Morgan fingerprint density at radius 1 is 1.06 bits per heavy atom. The van der Waals surface area contributed by atoms with Crippen LogP contribution in [0.1, 0.15) is 52.2 Å². The van der Waals surface area contributed by atoms with Crippen molar-refractivity contribution in [1.82, 2.24) is 14.7 Å². The minimum atomic E-state index is -0.596. The van der Waals surface area contributed by atoms with Gasteiger partial charge in [-0.1, -0.05) is 55.0 Å². The topological polar surface area (TPSA) is 59.8 Å². The van der Waals surface area contributed by atoms with Crippen LogP contribution < -0.4 is 4.74 Å². The number of ether oxygens (including phenoxy) is 2. The van der Waals surface area contributed by atoms with Gasteiger partial charge in [0.2, 0.25) is 5.88 Å². The Labute approximate surface area is 210 Å². The van der Waals surface area contributed by atoms with E-state index in [4.69, 9.17) is 14.6 Å². The average molecular weight is 480 g/mol. The van der Waals surface area contributed by atoms with E-state index >= 15 is 0 Å². The fourth-order valence-corrected chi connectivity index (χ4v) is 3.90. The summed E-state index contributed by atoms with van der Waals surface area (Å²) in [6.45, 7) is 13.8. The first-order valence-corrected chi connectivity index (χ1v) is 12.5. The molecule has 0 unspecified atom stereocenters. The van der Waals surface area contributed by atoms with Gasteiger partial charge in [0.25, 0.3) is 0 Å². The largest absolute Gasteiger partial charge is 0.439 e. The number of aromatic nitrogens is 2. The lowest BCUT2D eigenvalue weighted by molar-refractivity contribution is -0.0593. The fraction of sp³-hybridized carbons (Fsp3) is 0.483. The van der Waals surface area contributed by atoms with Crippen molar-refractivity contribution in [2.24, 2.45) is 7.05 Å². The minimum absolute atomic E-state index is 0.260. The molecule has 1 aromatic heterocycles. The molecule has 0 saturated carbocycles. The smallest absolute Gasteiger partial charge is 0.222 e. The Morgan fingerprint density at radius 2 is 1.71 bits per heavy atom. The van der Waals surface area contributed by atoms with Gasteiger partial charge in [-0.3, -0.25) is 4.90 Å². The van der Waals surface area contributed by atoms with Crippen LogP contribution in [0.25, 0.3) is 11.3 Å². The second-order valence-electron chi connectivity index (χ2n) is 10.3. The van der Waals surface area contributed by atoms with E-state index in [0.29, 0.717) is 25.6 Å². The highest BCUT2D eigenvalue weighted by Gasteiger charge is 2.26. The number of hydrogen-bond acceptors (Lipinski definition) is 5. The number of nitrogens with zero attached hydrogens (tertiary/aromatic N) is 3. The molecule has 0 bridgehead atoms. The second-order valence-corrected chi connectivity index (χ2v) is 10.3. The number of hydrogen-bond donors (Lipinski definition) is 1. The summed E-state index contributed by atoms with van der Waals surface area (Å²) < 4.78 is 14.1. The van der Waals surface area contributed by atoms with Gasteiger partial charge < -0.3 is 14.6 Å². The number of aliphatic hydroxyl groups excluding tert-OH is 1. The first-order valence-electron chi connectivity index (χ1n) is 12.5.